The van der Waals surface area contributed by atoms with E-state index in [1.54, 1.807) is 6.92 Å². The molecule has 0 saturated carbocycles. The van der Waals surface area contributed by atoms with E-state index in [1.165, 1.54) is 0 Å². The lowest BCUT2D eigenvalue weighted by Gasteiger charge is -2.06. The van der Waals surface area contributed by atoms with Crippen molar-refractivity contribution in [2.24, 2.45) is 0 Å². The van der Waals surface area contributed by atoms with E-state index in [0.717, 1.165) is 25.7 Å². The van der Waals surface area contributed by atoms with E-state index < -0.39 is 0 Å². The third kappa shape index (κ3) is 9.60. The first-order valence-electron chi connectivity index (χ1n) is 6.28. The van der Waals surface area contributed by atoms with Gasteiger partial charge >= 0.3 is 0 Å². The van der Waals surface area contributed by atoms with Gasteiger partial charge in [0.25, 0.3) is 0 Å². The summed E-state index contributed by atoms with van der Waals surface area (Å²) in [5, 5.41) is 5.61. The molecule has 0 aromatic rings. The Morgan fingerprint density at radius 3 is 2.18 bits per heavy atom. The second-order valence-electron chi connectivity index (χ2n) is 4.20. The largest absolute Gasteiger partial charge is 0.356 e. The summed E-state index contributed by atoms with van der Waals surface area (Å²) in [4.78, 5) is 22.4. The molecule has 0 rings (SSSR count). The Morgan fingerprint density at radius 2 is 1.65 bits per heavy atom. The smallest absolute Gasteiger partial charge is 0.246 e. The van der Waals surface area contributed by atoms with E-state index in [2.05, 4.69) is 24.1 Å². The van der Waals surface area contributed by atoms with Crippen LogP contribution in [0.1, 0.15) is 46.0 Å². The molecule has 0 atom stereocenters. The predicted molar refractivity (Wildman–Crippen MR) is 69.6 cm³/mol. The number of hydrogen-bond acceptors (Lipinski definition) is 2. The Bertz CT molecular complexity index is 262. The maximum Gasteiger partial charge on any atom is 0.246 e. The molecule has 0 aliphatic heterocycles. The Balaban J connectivity index is 3.32. The standard InChI is InChI=1S/C13H24N2O2/c1-4-5-8-12(16)14-9-6-7-10-15-13(17)11(2)3/h2,4-10H2,1,3H3,(H,14,16)(H,15,17). The van der Waals surface area contributed by atoms with Gasteiger partial charge in [-0.3, -0.25) is 9.59 Å². The van der Waals surface area contributed by atoms with Crippen molar-refractivity contribution in [1.82, 2.24) is 10.6 Å². The highest BCUT2D eigenvalue weighted by molar-refractivity contribution is 5.91. The van der Waals surface area contributed by atoms with Crippen molar-refractivity contribution in [3.05, 3.63) is 12.2 Å². The molecule has 4 heteroatoms. The number of amides is 2. The van der Waals surface area contributed by atoms with E-state index in [0.29, 0.717) is 25.1 Å². The van der Waals surface area contributed by atoms with Gasteiger partial charge in [-0.1, -0.05) is 19.9 Å². The van der Waals surface area contributed by atoms with Crippen molar-refractivity contribution < 1.29 is 9.59 Å². The van der Waals surface area contributed by atoms with Gasteiger partial charge in [0, 0.05) is 25.1 Å². The zero-order chi connectivity index (χ0) is 13.1. The number of rotatable bonds is 9. The molecule has 0 radical (unpaired) electrons. The summed E-state index contributed by atoms with van der Waals surface area (Å²) in [5.41, 5.74) is 0.526. The molecule has 0 aromatic heterocycles. The fourth-order valence-corrected chi connectivity index (χ4v) is 1.26. The van der Waals surface area contributed by atoms with Gasteiger partial charge in [-0.25, -0.2) is 0 Å². The van der Waals surface area contributed by atoms with Gasteiger partial charge in [0.05, 0.1) is 0 Å². The highest BCUT2D eigenvalue weighted by Crippen LogP contribution is 1.94. The molecule has 0 unspecified atom stereocenters. The molecule has 0 aromatic carbocycles. The van der Waals surface area contributed by atoms with Crippen LogP contribution in [-0.2, 0) is 9.59 Å². The number of hydrogen-bond donors (Lipinski definition) is 2. The van der Waals surface area contributed by atoms with Crippen LogP contribution in [0.15, 0.2) is 12.2 Å². The number of carbonyl (C=O) groups excluding carboxylic acids is 2. The van der Waals surface area contributed by atoms with Crippen LogP contribution in [0.4, 0.5) is 0 Å². The van der Waals surface area contributed by atoms with E-state index in [1.807, 2.05) is 0 Å². The molecule has 98 valence electrons. The van der Waals surface area contributed by atoms with Crippen LogP contribution in [0, 0.1) is 0 Å². The topological polar surface area (TPSA) is 58.2 Å². The third-order valence-electron chi connectivity index (χ3n) is 2.36. The molecular weight excluding hydrogens is 216 g/mol. The van der Waals surface area contributed by atoms with Gasteiger partial charge in [-0.05, 0) is 26.2 Å². The van der Waals surface area contributed by atoms with Gasteiger partial charge in [0.15, 0.2) is 0 Å². The molecule has 4 nitrogen and oxygen atoms in total. The van der Waals surface area contributed by atoms with Gasteiger partial charge in [-0.2, -0.15) is 0 Å². The van der Waals surface area contributed by atoms with Crippen molar-refractivity contribution in [2.45, 2.75) is 46.0 Å². The zero-order valence-electron chi connectivity index (χ0n) is 11.0. The predicted octanol–water partition coefficient (Wildman–Crippen LogP) is 1.77. The maximum atomic E-state index is 11.2. The summed E-state index contributed by atoms with van der Waals surface area (Å²) in [6.45, 7) is 8.63. The van der Waals surface area contributed by atoms with Crippen LogP contribution >= 0.6 is 0 Å². The molecule has 17 heavy (non-hydrogen) atoms. The second-order valence-corrected chi connectivity index (χ2v) is 4.20. The molecule has 0 aliphatic carbocycles. The lowest BCUT2D eigenvalue weighted by molar-refractivity contribution is -0.121. The van der Waals surface area contributed by atoms with Crippen molar-refractivity contribution in [3.63, 3.8) is 0 Å². The molecule has 0 heterocycles. The minimum Gasteiger partial charge on any atom is -0.356 e. The van der Waals surface area contributed by atoms with Crippen molar-refractivity contribution in [2.75, 3.05) is 13.1 Å². The average molecular weight is 240 g/mol. The Labute approximate surface area is 104 Å². The van der Waals surface area contributed by atoms with Gasteiger partial charge in [0.2, 0.25) is 11.8 Å². The monoisotopic (exact) mass is 240 g/mol. The van der Waals surface area contributed by atoms with Crippen LogP contribution in [0.5, 0.6) is 0 Å². The van der Waals surface area contributed by atoms with Gasteiger partial charge in [0.1, 0.15) is 0 Å². The molecule has 0 spiro atoms. The molecule has 2 amide bonds. The highest BCUT2D eigenvalue weighted by atomic mass is 16.2. The maximum absolute atomic E-state index is 11.2. The first-order chi connectivity index (χ1) is 8.07. The molecule has 0 fully saturated rings. The fraction of sp³-hybridized carbons (Fsp3) is 0.692. The SMILES string of the molecule is C=C(C)C(=O)NCCCCNC(=O)CCCC. The van der Waals surface area contributed by atoms with Crippen LogP contribution in [0.2, 0.25) is 0 Å². The lowest BCUT2D eigenvalue weighted by atomic mass is 10.2. The van der Waals surface area contributed by atoms with Crippen molar-refractivity contribution in [1.29, 1.82) is 0 Å². The molecular formula is C13H24N2O2. The van der Waals surface area contributed by atoms with Crippen molar-refractivity contribution >= 4 is 11.8 Å². The minimum atomic E-state index is -0.100. The average Bonchev–Trinajstić information content (AvgIpc) is 2.30. The van der Waals surface area contributed by atoms with E-state index in [-0.39, 0.29) is 11.8 Å². The zero-order valence-corrected chi connectivity index (χ0v) is 11.0. The second kappa shape index (κ2) is 9.87. The van der Waals surface area contributed by atoms with E-state index >= 15 is 0 Å². The third-order valence-corrected chi connectivity index (χ3v) is 2.36. The van der Waals surface area contributed by atoms with Gasteiger partial charge in [-0.15, -0.1) is 0 Å². The first kappa shape index (κ1) is 15.7. The first-order valence-corrected chi connectivity index (χ1v) is 6.28. The quantitative estimate of drug-likeness (QED) is 0.476. The van der Waals surface area contributed by atoms with Gasteiger partial charge < -0.3 is 10.6 Å². The summed E-state index contributed by atoms with van der Waals surface area (Å²) >= 11 is 0. The summed E-state index contributed by atoms with van der Waals surface area (Å²) < 4.78 is 0. The van der Waals surface area contributed by atoms with Crippen LogP contribution in [0.25, 0.3) is 0 Å². The molecule has 0 saturated heterocycles. The molecule has 0 bridgehead atoms. The number of carbonyl (C=O) groups is 2. The van der Waals surface area contributed by atoms with E-state index in [9.17, 15) is 9.59 Å². The summed E-state index contributed by atoms with van der Waals surface area (Å²) in [7, 11) is 0. The van der Waals surface area contributed by atoms with Crippen molar-refractivity contribution in [3.8, 4) is 0 Å². The summed E-state index contributed by atoms with van der Waals surface area (Å²) in [6, 6.07) is 0. The Kier molecular flexibility index (Phi) is 9.11. The number of nitrogens with one attached hydrogen (secondary N) is 2. The Hall–Kier alpha value is -1.32. The Morgan fingerprint density at radius 1 is 1.06 bits per heavy atom. The number of unbranched alkanes of at least 4 members (excludes halogenated alkanes) is 2. The minimum absolute atomic E-state index is 0.100. The highest BCUT2D eigenvalue weighted by Gasteiger charge is 2.00. The summed E-state index contributed by atoms with van der Waals surface area (Å²) in [6.07, 6.45) is 4.35. The molecule has 2 N–H and O–H groups in total. The van der Waals surface area contributed by atoms with Crippen LogP contribution in [-0.4, -0.2) is 24.9 Å². The fourth-order valence-electron chi connectivity index (χ4n) is 1.26. The van der Waals surface area contributed by atoms with Crippen LogP contribution < -0.4 is 10.6 Å². The lowest BCUT2D eigenvalue weighted by Crippen LogP contribution is -2.27. The normalized spacial score (nSPS) is 9.76. The van der Waals surface area contributed by atoms with E-state index in [4.69, 9.17) is 0 Å². The molecule has 0 aliphatic rings. The summed E-state index contributed by atoms with van der Waals surface area (Å²) in [5.74, 6) is 0.0230. The van der Waals surface area contributed by atoms with Crippen LogP contribution in [0.3, 0.4) is 0 Å².